The Balaban J connectivity index is 1.78. The van der Waals surface area contributed by atoms with Crippen molar-refractivity contribution in [3.8, 4) is 0 Å². The number of benzene rings is 1. The van der Waals surface area contributed by atoms with Gasteiger partial charge in [-0.25, -0.2) is 0 Å². The quantitative estimate of drug-likeness (QED) is 0.867. The number of rotatable bonds is 3. The molecule has 0 saturated carbocycles. The number of hydrogen-bond donors (Lipinski definition) is 0. The molecule has 20 heavy (non-hydrogen) atoms. The van der Waals surface area contributed by atoms with Gasteiger partial charge in [0.1, 0.15) is 0 Å². The zero-order valence-corrected chi connectivity index (χ0v) is 13.2. The third-order valence-electron chi connectivity index (χ3n) is 4.19. The summed E-state index contributed by atoms with van der Waals surface area (Å²) < 4.78 is 2.90. The SMILES string of the molecule is CCN1CCC(Cn2sc3cc(Cl)ccc3c2=O)CC1. The average Bonchev–Trinajstić information content (AvgIpc) is 2.75. The van der Waals surface area contributed by atoms with E-state index in [2.05, 4.69) is 11.8 Å². The van der Waals surface area contributed by atoms with Crippen molar-refractivity contribution in [2.75, 3.05) is 19.6 Å². The van der Waals surface area contributed by atoms with Crippen LogP contribution in [-0.2, 0) is 6.54 Å². The molecule has 0 amide bonds. The fourth-order valence-electron chi connectivity index (χ4n) is 2.88. The number of hydrogen-bond acceptors (Lipinski definition) is 3. The summed E-state index contributed by atoms with van der Waals surface area (Å²) in [7, 11) is 0. The summed E-state index contributed by atoms with van der Waals surface area (Å²) in [5, 5.41) is 1.49. The molecule has 1 aromatic heterocycles. The molecular formula is C15H19ClN2OS. The molecule has 0 unspecified atom stereocenters. The van der Waals surface area contributed by atoms with E-state index < -0.39 is 0 Å². The molecule has 0 atom stereocenters. The van der Waals surface area contributed by atoms with Gasteiger partial charge in [-0.3, -0.25) is 8.75 Å². The minimum Gasteiger partial charge on any atom is -0.304 e. The molecule has 1 aliphatic rings. The minimum atomic E-state index is 0.139. The molecule has 0 bridgehead atoms. The molecule has 2 heterocycles. The third-order valence-corrected chi connectivity index (χ3v) is 5.49. The number of nitrogens with zero attached hydrogens (tertiary/aromatic N) is 2. The molecule has 1 saturated heterocycles. The first-order valence-electron chi connectivity index (χ1n) is 7.19. The van der Waals surface area contributed by atoms with Crippen LogP contribution in [0.25, 0.3) is 10.1 Å². The van der Waals surface area contributed by atoms with Gasteiger partial charge in [-0.2, -0.15) is 0 Å². The van der Waals surface area contributed by atoms with E-state index in [1.165, 1.54) is 12.8 Å². The fourth-order valence-corrected chi connectivity index (χ4v) is 4.26. The highest BCUT2D eigenvalue weighted by molar-refractivity contribution is 7.13. The third kappa shape index (κ3) is 2.78. The van der Waals surface area contributed by atoms with Crippen LogP contribution >= 0.6 is 23.1 Å². The van der Waals surface area contributed by atoms with Crippen molar-refractivity contribution in [3.63, 3.8) is 0 Å². The van der Waals surface area contributed by atoms with Crippen LogP contribution < -0.4 is 5.56 Å². The van der Waals surface area contributed by atoms with Gasteiger partial charge in [-0.15, -0.1) is 0 Å². The standard InChI is InChI=1S/C15H19ClN2OS/c1-2-17-7-5-11(6-8-17)10-18-15(19)13-4-3-12(16)9-14(13)20-18/h3-4,9,11H,2,5-8,10H2,1H3. The van der Waals surface area contributed by atoms with Crippen LogP contribution in [0.4, 0.5) is 0 Å². The Kier molecular flexibility index (Phi) is 4.15. The number of fused-ring (bicyclic) bond motifs is 1. The number of aromatic nitrogens is 1. The van der Waals surface area contributed by atoms with Crippen molar-refractivity contribution >= 4 is 33.2 Å². The van der Waals surface area contributed by atoms with Gasteiger partial charge in [0.15, 0.2) is 0 Å². The Morgan fingerprint density at radius 3 is 2.80 bits per heavy atom. The minimum absolute atomic E-state index is 0.139. The first-order chi connectivity index (χ1) is 9.67. The van der Waals surface area contributed by atoms with Crippen molar-refractivity contribution in [1.29, 1.82) is 0 Å². The number of halogens is 1. The summed E-state index contributed by atoms with van der Waals surface area (Å²) in [4.78, 5) is 14.8. The molecule has 3 nitrogen and oxygen atoms in total. The van der Waals surface area contributed by atoms with Gasteiger partial charge in [0.2, 0.25) is 0 Å². The lowest BCUT2D eigenvalue weighted by molar-refractivity contribution is 0.182. The number of piperidine rings is 1. The Hall–Kier alpha value is -0.840. The maximum absolute atomic E-state index is 12.4. The summed E-state index contributed by atoms with van der Waals surface area (Å²) in [6.45, 7) is 6.52. The van der Waals surface area contributed by atoms with E-state index in [1.54, 1.807) is 17.6 Å². The van der Waals surface area contributed by atoms with Crippen molar-refractivity contribution in [1.82, 2.24) is 8.86 Å². The van der Waals surface area contributed by atoms with Crippen molar-refractivity contribution in [3.05, 3.63) is 33.6 Å². The Labute approximate surface area is 127 Å². The van der Waals surface area contributed by atoms with E-state index in [0.717, 1.165) is 36.3 Å². The molecule has 2 aromatic rings. The lowest BCUT2D eigenvalue weighted by atomic mass is 9.97. The average molecular weight is 311 g/mol. The van der Waals surface area contributed by atoms with E-state index >= 15 is 0 Å². The molecule has 108 valence electrons. The van der Waals surface area contributed by atoms with Crippen LogP contribution in [0.15, 0.2) is 23.0 Å². The van der Waals surface area contributed by atoms with E-state index in [4.69, 9.17) is 11.6 Å². The van der Waals surface area contributed by atoms with Gasteiger partial charge in [0, 0.05) is 11.6 Å². The van der Waals surface area contributed by atoms with Crippen LogP contribution in [0.5, 0.6) is 0 Å². The summed E-state index contributed by atoms with van der Waals surface area (Å²) in [6.07, 6.45) is 2.38. The molecule has 0 N–H and O–H groups in total. The Morgan fingerprint density at radius 2 is 2.10 bits per heavy atom. The van der Waals surface area contributed by atoms with E-state index in [9.17, 15) is 4.79 Å². The lowest BCUT2D eigenvalue weighted by Crippen LogP contribution is -2.35. The molecular weight excluding hydrogens is 292 g/mol. The molecule has 0 aliphatic carbocycles. The highest BCUT2D eigenvalue weighted by atomic mass is 35.5. The van der Waals surface area contributed by atoms with Crippen LogP contribution in [0.2, 0.25) is 5.02 Å². The van der Waals surface area contributed by atoms with E-state index in [-0.39, 0.29) is 5.56 Å². The second-order valence-corrected chi connectivity index (χ2v) is 6.98. The van der Waals surface area contributed by atoms with Gasteiger partial charge in [-0.05, 0) is 56.6 Å². The predicted molar refractivity (Wildman–Crippen MR) is 85.9 cm³/mol. The van der Waals surface area contributed by atoms with E-state index in [0.29, 0.717) is 10.9 Å². The fraction of sp³-hybridized carbons (Fsp3) is 0.533. The Bertz CT molecular complexity index is 655. The first kappa shape index (κ1) is 14.1. The van der Waals surface area contributed by atoms with Gasteiger partial charge >= 0.3 is 0 Å². The van der Waals surface area contributed by atoms with E-state index in [1.807, 2.05) is 16.1 Å². The van der Waals surface area contributed by atoms with Crippen molar-refractivity contribution in [2.45, 2.75) is 26.3 Å². The van der Waals surface area contributed by atoms with Crippen LogP contribution in [0.3, 0.4) is 0 Å². The van der Waals surface area contributed by atoms with Crippen molar-refractivity contribution < 1.29 is 0 Å². The zero-order valence-electron chi connectivity index (χ0n) is 11.6. The number of likely N-dealkylation sites (tertiary alicyclic amines) is 1. The monoisotopic (exact) mass is 310 g/mol. The topological polar surface area (TPSA) is 25.2 Å². The lowest BCUT2D eigenvalue weighted by Gasteiger charge is -2.30. The molecule has 0 radical (unpaired) electrons. The van der Waals surface area contributed by atoms with Gasteiger partial charge < -0.3 is 4.90 Å². The molecule has 3 rings (SSSR count). The van der Waals surface area contributed by atoms with Crippen LogP contribution in [-0.4, -0.2) is 28.5 Å². The summed E-state index contributed by atoms with van der Waals surface area (Å²) in [5.41, 5.74) is 0.139. The van der Waals surface area contributed by atoms with Crippen LogP contribution in [0.1, 0.15) is 19.8 Å². The molecule has 1 aliphatic heterocycles. The second-order valence-electron chi connectivity index (χ2n) is 5.48. The van der Waals surface area contributed by atoms with Gasteiger partial charge in [0.25, 0.3) is 5.56 Å². The zero-order chi connectivity index (χ0) is 14.1. The second kappa shape index (κ2) is 5.88. The highest BCUT2D eigenvalue weighted by Crippen LogP contribution is 2.24. The molecule has 0 spiro atoms. The molecule has 1 fully saturated rings. The van der Waals surface area contributed by atoms with Gasteiger partial charge in [0.05, 0.1) is 10.1 Å². The van der Waals surface area contributed by atoms with Crippen molar-refractivity contribution in [2.24, 2.45) is 5.92 Å². The maximum atomic E-state index is 12.4. The maximum Gasteiger partial charge on any atom is 0.268 e. The Morgan fingerprint density at radius 1 is 1.35 bits per heavy atom. The largest absolute Gasteiger partial charge is 0.304 e. The normalized spacial score (nSPS) is 17.9. The summed E-state index contributed by atoms with van der Waals surface area (Å²) in [6, 6.07) is 5.52. The smallest absolute Gasteiger partial charge is 0.268 e. The van der Waals surface area contributed by atoms with Crippen LogP contribution in [0, 0.1) is 5.92 Å². The predicted octanol–water partition coefficient (Wildman–Crippen LogP) is 3.45. The van der Waals surface area contributed by atoms with Gasteiger partial charge in [-0.1, -0.05) is 30.1 Å². The molecule has 5 heteroatoms. The highest BCUT2D eigenvalue weighted by Gasteiger charge is 2.20. The first-order valence-corrected chi connectivity index (χ1v) is 8.34. The molecule has 1 aromatic carbocycles. The summed E-state index contributed by atoms with van der Waals surface area (Å²) >= 11 is 7.54. The summed E-state index contributed by atoms with van der Waals surface area (Å²) in [5.74, 6) is 0.624.